The van der Waals surface area contributed by atoms with Crippen LogP contribution in [0.4, 0.5) is 5.82 Å². The Kier molecular flexibility index (Phi) is 5.30. The lowest BCUT2D eigenvalue weighted by Gasteiger charge is -2.11. The number of nitriles is 1. The molecule has 25 heavy (non-hydrogen) atoms. The van der Waals surface area contributed by atoms with Gasteiger partial charge in [-0.25, -0.2) is 5.43 Å². The molecule has 9 nitrogen and oxygen atoms in total. The van der Waals surface area contributed by atoms with E-state index in [2.05, 4.69) is 20.6 Å². The smallest absolute Gasteiger partial charge is 0.271 e. The molecule has 1 amide bonds. The minimum Gasteiger partial charge on any atom is -0.308 e. The number of benzene rings is 1. The second-order valence-corrected chi connectivity index (χ2v) is 4.97. The van der Waals surface area contributed by atoms with Crippen LogP contribution < -0.4 is 11.0 Å². The van der Waals surface area contributed by atoms with E-state index in [1.54, 1.807) is 30.3 Å². The highest BCUT2D eigenvalue weighted by Gasteiger charge is 2.15. The van der Waals surface area contributed by atoms with Crippen molar-refractivity contribution >= 4 is 17.9 Å². The summed E-state index contributed by atoms with van der Waals surface area (Å²) >= 11 is 0. The lowest BCUT2D eigenvalue weighted by Crippen LogP contribution is -2.23. The van der Waals surface area contributed by atoms with Gasteiger partial charge in [-0.15, -0.1) is 0 Å². The number of carbonyl (C=O) groups is 1. The Bertz CT molecular complexity index is 994. The van der Waals surface area contributed by atoms with Crippen molar-refractivity contribution in [3.05, 3.63) is 73.4 Å². The molecule has 0 radical (unpaired) electrons. The number of pyridine rings is 1. The van der Waals surface area contributed by atoms with E-state index < -0.39 is 11.5 Å². The number of hydrogen-bond donors (Lipinski definition) is 1. The normalized spacial score (nSPS) is 10.1. The zero-order valence-corrected chi connectivity index (χ0v) is 13.5. The summed E-state index contributed by atoms with van der Waals surface area (Å²) in [4.78, 5) is 26.7. The number of nitrogens with one attached hydrogen (secondary N) is 1. The summed E-state index contributed by atoms with van der Waals surface area (Å²) < 4.78 is 1.06. The Morgan fingerprint density at radius 2 is 2.08 bits per heavy atom. The van der Waals surface area contributed by atoms with Crippen molar-refractivity contribution in [1.29, 1.82) is 5.26 Å². The third-order valence-corrected chi connectivity index (χ3v) is 3.50. The molecule has 0 saturated carbocycles. The fourth-order valence-electron chi connectivity index (χ4n) is 2.17. The van der Waals surface area contributed by atoms with Crippen molar-refractivity contribution in [3.63, 3.8) is 0 Å². The standard InChI is InChI=1S/C16H13N7O2/c1-10-12(8-17)16(25)23(2)14(20-22-18)13(10)9-19-21-15(24)11-6-4-3-5-7-11/h3-7,9H,1-2H3,(H,21,24)/b19-9+. The molecule has 0 saturated heterocycles. The quantitative estimate of drug-likeness (QED) is 0.301. The van der Waals surface area contributed by atoms with E-state index in [9.17, 15) is 9.59 Å². The Morgan fingerprint density at radius 1 is 1.40 bits per heavy atom. The molecule has 0 aliphatic carbocycles. The fraction of sp³-hybridized carbons (Fsp3) is 0.125. The summed E-state index contributed by atoms with van der Waals surface area (Å²) in [6, 6.07) is 10.3. The second-order valence-electron chi connectivity index (χ2n) is 4.97. The fourth-order valence-corrected chi connectivity index (χ4v) is 2.17. The molecule has 1 N–H and O–H groups in total. The first kappa shape index (κ1) is 17.5. The van der Waals surface area contributed by atoms with Gasteiger partial charge in [0.15, 0.2) is 0 Å². The van der Waals surface area contributed by atoms with E-state index in [4.69, 9.17) is 10.8 Å². The van der Waals surface area contributed by atoms with Crippen LogP contribution in [0.15, 0.2) is 45.3 Å². The first-order valence-corrected chi connectivity index (χ1v) is 7.08. The van der Waals surface area contributed by atoms with E-state index in [0.29, 0.717) is 11.1 Å². The number of aromatic nitrogens is 1. The van der Waals surface area contributed by atoms with Crippen molar-refractivity contribution in [3.8, 4) is 6.07 Å². The predicted octanol–water partition coefficient (Wildman–Crippen LogP) is 2.27. The van der Waals surface area contributed by atoms with Crippen molar-refractivity contribution < 1.29 is 4.79 Å². The highest BCUT2D eigenvalue weighted by Crippen LogP contribution is 2.20. The first-order valence-electron chi connectivity index (χ1n) is 7.08. The van der Waals surface area contributed by atoms with Crippen LogP contribution in [0.25, 0.3) is 10.4 Å². The van der Waals surface area contributed by atoms with Gasteiger partial charge >= 0.3 is 0 Å². The SMILES string of the molecule is Cc1c(/C=N/NC(=O)c2ccccc2)c(N=[N+]=[N-])n(C)c(=O)c1C#N. The second kappa shape index (κ2) is 7.59. The zero-order valence-electron chi connectivity index (χ0n) is 13.5. The van der Waals surface area contributed by atoms with Gasteiger partial charge in [-0.1, -0.05) is 18.2 Å². The lowest BCUT2D eigenvalue weighted by molar-refractivity contribution is 0.0955. The van der Waals surface area contributed by atoms with Crippen LogP contribution in [-0.4, -0.2) is 16.7 Å². The van der Waals surface area contributed by atoms with Crippen LogP contribution in [-0.2, 0) is 7.05 Å². The van der Waals surface area contributed by atoms with Crippen LogP contribution in [0.5, 0.6) is 0 Å². The third kappa shape index (κ3) is 3.55. The summed E-state index contributed by atoms with van der Waals surface area (Å²) in [5.41, 5.74) is 11.4. The average molecular weight is 335 g/mol. The third-order valence-electron chi connectivity index (χ3n) is 3.50. The number of hydrogen-bond acceptors (Lipinski definition) is 5. The van der Waals surface area contributed by atoms with Gasteiger partial charge in [-0.05, 0) is 35.3 Å². The van der Waals surface area contributed by atoms with Gasteiger partial charge in [0.05, 0.1) is 6.21 Å². The molecule has 0 aliphatic heterocycles. The Morgan fingerprint density at radius 3 is 2.68 bits per heavy atom. The number of rotatable bonds is 4. The first-order chi connectivity index (χ1) is 12.0. The Balaban J connectivity index is 2.43. The molecule has 2 aromatic rings. The highest BCUT2D eigenvalue weighted by atomic mass is 16.2. The molecule has 1 heterocycles. The molecule has 0 bridgehead atoms. The van der Waals surface area contributed by atoms with Gasteiger partial charge in [0.2, 0.25) is 0 Å². The van der Waals surface area contributed by atoms with Crippen LogP contribution in [0.2, 0.25) is 0 Å². The molecule has 0 atom stereocenters. The van der Waals surface area contributed by atoms with Gasteiger partial charge in [-0.3, -0.25) is 9.59 Å². The van der Waals surface area contributed by atoms with Crippen molar-refractivity contribution in [2.45, 2.75) is 6.92 Å². The number of azide groups is 1. The van der Waals surface area contributed by atoms with Gasteiger partial charge < -0.3 is 4.57 Å². The summed E-state index contributed by atoms with van der Waals surface area (Å²) in [5.74, 6) is -0.424. The molecule has 0 fully saturated rings. The Labute approximate surface area is 142 Å². The van der Waals surface area contributed by atoms with E-state index in [-0.39, 0.29) is 16.9 Å². The number of hydrazone groups is 1. The molecule has 0 unspecified atom stereocenters. The minimum absolute atomic E-state index is 0.00158. The van der Waals surface area contributed by atoms with E-state index >= 15 is 0 Å². The summed E-state index contributed by atoms with van der Waals surface area (Å²) in [6.07, 6.45) is 1.24. The molecule has 0 aliphatic rings. The van der Waals surface area contributed by atoms with Gasteiger partial charge in [0, 0.05) is 23.1 Å². The molecule has 1 aromatic carbocycles. The maximum absolute atomic E-state index is 12.1. The predicted molar refractivity (Wildman–Crippen MR) is 91.4 cm³/mol. The summed E-state index contributed by atoms with van der Waals surface area (Å²) in [7, 11) is 1.38. The molecule has 2 rings (SSSR count). The van der Waals surface area contributed by atoms with Gasteiger partial charge in [0.1, 0.15) is 17.5 Å². The number of nitrogens with zero attached hydrogens (tertiary/aromatic N) is 6. The van der Waals surface area contributed by atoms with Gasteiger partial charge in [0.25, 0.3) is 11.5 Å². The summed E-state index contributed by atoms with van der Waals surface area (Å²) in [5, 5.41) is 16.5. The van der Waals surface area contributed by atoms with E-state index in [1.807, 2.05) is 6.07 Å². The minimum atomic E-state index is -0.576. The number of amides is 1. The van der Waals surface area contributed by atoms with E-state index in [0.717, 1.165) is 4.57 Å². The maximum Gasteiger partial charge on any atom is 0.271 e. The van der Waals surface area contributed by atoms with Crippen LogP contribution in [0.3, 0.4) is 0 Å². The molecule has 0 spiro atoms. The molecular weight excluding hydrogens is 322 g/mol. The average Bonchev–Trinajstić information content (AvgIpc) is 2.63. The monoisotopic (exact) mass is 335 g/mol. The highest BCUT2D eigenvalue weighted by molar-refractivity contribution is 5.95. The summed E-state index contributed by atoms with van der Waals surface area (Å²) in [6.45, 7) is 1.54. The van der Waals surface area contributed by atoms with Crippen LogP contribution >= 0.6 is 0 Å². The molecule has 9 heteroatoms. The van der Waals surface area contributed by atoms with Crippen LogP contribution in [0, 0.1) is 18.3 Å². The topological polar surface area (TPSA) is 136 Å². The van der Waals surface area contributed by atoms with Gasteiger partial charge in [-0.2, -0.15) is 10.4 Å². The van der Waals surface area contributed by atoms with E-state index in [1.165, 1.54) is 20.2 Å². The largest absolute Gasteiger partial charge is 0.308 e. The zero-order chi connectivity index (χ0) is 18.4. The Hall–Kier alpha value is -3.89. The molecule has 1 aromatic heterocycles. The maximum atomic E-state index is 12.1. The van der Waals surface area contributed by atoms with Crippen molar-refractivity contribution in [1.82, 2.24) is 9.99 Å². The van der Waals surface area contributed by atoms with Crippen molar-refractivity contribution in [2.75, 3.05) is 0 Å². The van der Waals surface area contributed by atoms with Crippen LogP contribution in [0.1, 0.15) is 27.0 Å². The molecular formula is C16H13N7O2. The molecule has 124 valence electrons. The van der Waals surface area contributed by atoms with Crippen molar-refractivity contribution in [2.24, 2.45) is 17.3 Å². The number of carbonyl (C=O) groups excluding carboxylic acids is 1. The lowest BCUT2D eigenvalue weighted by atomic mass is 10.1.